The summed E-state index contributed by atoms with van der Waals surface area (Å²) >= 11 is 1.60. The van der Waals surface area contributed by atoms with E-state index < -0.39 is 23.1 Å². The molecular weight excluding hydrogens is 1070 g/mol. The van der Waals surface area contributed by atoms with Crippen LogP contribution < -0.4 is 26.2 Å². The first kappa shape index (κ1) is 62.2. The average Bonchev–Trinajstić information content (AvgIpc) is 4.20. The molecule has 436 valence electrons. The van der Waals surface area contributed by atoms with Crippen LogP contribution in [-0.4, -0.2) is 131 Å². The predicted molar refractivity (Wildman–Crippen MR) is 325 cm³/mol. The van der Waals surface area contributed by atoms with Crippen LogP contribution >= 0.6 is 24.8 Å². The Morgan fingerprint density at radius 2 is 1.78 bits per heavy atom. The van der Waals surface area contributed by atoms with Crippen molar-refractivity contribution in [1.82, 2.24) is 40.6 Å². The molecule has 2 saturated heterocycles. The van der Waals surface area contributed by atoms with E-state index in [2.05, 4.69) is 47.8 Å². The molecule has 6 heterocycles. The number of hydrogen-bond donors (Lipinski definition) is 5. The first-order chi connectivity index (χ1) is 38.3. The highest BCUT2D eigenvalue weighted by Gasteiger charge is 2.42. The van der Waals surface area contributed by atoms with Crippen LogP contribution in [-0.2, 0) is 32.2 Å². The number of aliphatic imine (C=N–C) groups is 1. The number of aliphatic hydroxyl groups is 1. The lowest BCUT2D eigenvalue weighted by atomic mass is 9.85. The van der Waals surface area contributed by atoms with Gasteiger partial charge in [0.25, 0.3) is 5.91 Å². The highest BCUT2D eigenvalue weighted by molar-refractivity contribution is 7.59. The summed E-state index contributed by atoms with van der Waals surface area (Å²) in [4.78, 5) is 76.9. The van der Waals surface area contributed by atoms with E-state index in [4.69, 9.17) is 9.72 Å². The Morgan fingerprint density at radius 3 is 2.46 bits per heavy atom. The number of likely N-dealkylation sites (tertiary alicyclic amines) is 1. The van der Waals surface area contributed by atoms with Gasteiger partial charge in [-0.1, -0.05) is 70.4 Å². The van der Waals surface area contributed by atoms with Crippen LogP contribution in [0.2, 0.25) is 0 Å². The SMILES string of the molecule is C=N/C=C(/c1ccc(Nc2ccc(N3CCC(O)(COCCCCCCCC(=O)NC(C(=O)N4CCCC4C(=O)NC(C)c4ccc(-c5scnc5C)cc4)C(C)(C)C)CC3)c(CN(C)C)n2)c2c1CNC2=O)N1C=CC(F)=CC1.S. The second kappa shape index (κ2) is 28.0. The van der Waals surface area contributed by atoms with Crippen LogP contribution in [0, 0.1) is 12.3 Å². The van der Waals surface area contributed by atoms with E-state index in [-0.39, 0.29) is 55.6 Å². The number of anilines is 3. The zero-order chi connectivity index (χ0) is 57.1. The number of thiazole rings is 1. The van der Waals surface area contributed by atoms with Crippen LogP contribution in [0.4, 0.5) is 21.6 Å². The van der Waals surface area contributed by atoms with E-state index in [1.165, 1.54) is 12.2 Å². The third-order valence-corrected chi connectivity index (χ3v) is 16.4. The van der Waals surface area contributed by atoms with Crippen molar-refractivity contribution < 1.29 is 33.4 Å². The number of rotatable bonds is 24. The molecule has 2 aromatic heterocycles. The van der Waals surface area contributed by atoms with Gasteiger partial charge >= 0.3 is 0 Å². The van der Waals surface area contributed by atoms with E-state index in [1.54, 1.807) is 28.6 Å². The molecule has 3 unspecified atom stereocenters. The maximum absolute atomic E-state index is 14.1. The third kappa shape index (κ3) is 15.8. The molecule has 2 fully saturated rings. The van der Waals surface area contributed by atoms with Gasteiger partial charge in [0, 0.05) is 64.1 Å². The number of aryl methyl sites for hydroxylation is 1. The van der Waals surface area contributed by atoms with Crippen LogP contribution in [0.3, 0.4) is 0 Å². The Labute approximate surface area is 488 Å². The molecule has 81 heavy (non-hydrogen) atoms. The molecule has 4 amide bonds. The smallest absolute Gasteiger partial charge is 0.254 e. The van der Waals surface area contributed by atoms with Crippen LogP contribution in [0.25, 0.3) is 16.1 Å². The van der Waals surface area contributed by atoms with Gasteiger partial charge in [-0.15, -0.1) is 11.3 Å². The highest BCUT2D eigenvalue weighted by Crippen LogP contribution is 2.37. The number of fused-ring (bicyclic) bond motifs is 1. The summed E-state index contributed by atoms with van der Waals surface area (Å²) < 4.78 is 19.9. The zero-order valence-electron chi connectivity index (χ0n) is 48.1. The van der Waals surface area contributed by atoms with Gasteiger partial charge < -0.3 is 50.7 Å². The molecule has 20 heteroatoms. The Hall–Kier alpha value is -6.45. The van der Waals surface area contributed by atoms with Crippen LogP contribution in [0.15, 0.2) is 89.4 Å². The Bertz CT molecular complexity index is 2970. The molecule has 0 spiro atoms. The molecule has 17 nitrogen and oxygen atoms in total. The van der Waals surface area contributed by atoms with Gasteiger partial charge in [-0.05, 0) is 126 Å². The number of pyridine rings is 1. The molecule has 3 atom stereocenters. The third-order valence-electron chi connectivity index (χ3n) is 15.5. The summed E-state index contributed by atoms with van der Waals surface area (Å²) in [6, 6.07) is 14.3. The number of unbranched alkanes of at least 4 members (excludes halogenated alkanes) is 4. The summed E-state index contributed by atoms with van der Waals surface area (Å²) in [6.07, 6.45) is 13.1. The van der Waals surface area contributed by atoms with Crippen molar-refractivity contribution in [2.24, 2.45) is 10.4 Å². The van der Waals surface area contributed by atoms with Gasteiger partial charge in [0.2, 0.25) is 17.7 Å². The number of amides is 4. The molecule has 4 aliphatic heterocycles. The fourth-order valence-corrected chi connectivity index (χ4v) is 11.8. The molecule has 5 N–H and O–H groups in total. The van der Waals surface area contributed by atoms with Crippen molar-refractivity contribution in [3.05, 3.63) is 118 Å². The van der Waals surface area contributed by atoms with Gasteiger partial charge in [0.15, 0.2) is 0 Å². The number of aromatic nitrogens is 2. The van der Waals surface area contributed by atoms with E-state index in [9.17, 15) is 28.7 Å². The Balaban J connectivity index is 0.00000946. The summed E-state index contributed by atoms with van der Waals surface area (Å²) in [7, 11) is 3.99. The number of carbonyl (C=O) groups is 4. The topological polar surface area (TPSA) is 197 Å². The molecule has 0 saturated carbocycles. The lowest BCUT2D eigenvalue weighted by Crippen LogP contribution is -2.57. The summed E-state index contributed by atoms with van der Waals surface area (Å²) in [5.41, 5.74) is 8.67. The van der Waals surface area contributed by atoms with Gasteiger partial charge in [-0.3, -0.25) is 24.2 Å². The summed E-state index contributed by atoms with van der Waals surface area (Å²) in [6.45, 7) is 17.2. The zero-order valence-corrected chi connectivity index (χ0v) is 49.9. The van der Waals surface area contributed by atoms with Crippen LogP contribution in [0.5, 0.6) is 0 Å². The maximum atomic E-state index is 14.1. The summed E-state index contributed by atoms with van der Waals surface area (Å²) in [5, 5.41) is 24.1. The number of benzene rings is 2. The number of hydrogen-bond acceptors (Lipinski definition) is 14. The standard InChI is InChI=1S/C61H80FN11O6S.H2S/c1-40(42-17-19-43(20-18-42)55-41(2)65-39-80-55)66-57(75)50-15-14-29-73(50)59(77)56(60(3,4)5)69-53(74)16-12-10-9-11-13-34-79-38-61(78)27-32-72(33-28-61)49-23-24-52(68-48(49)37-70(7)8)67-47-22-21-45(46-35-64-58(76)54(46)47)51(36-63-6)71-30-25-44(62)26-31-71;/h17-26,30,36,39-40,50,56,78H,6,9-16,27-29,31-35,37-38H2,1-5,7-8H3,(H,64,76)(H,66,75)(H,67,68)(H,69,74);1H2/b51-36-;. The van der Waals surface area contributed by atoms with Gasteiger partial charge in [0.05, 0.1) is 68.9 Å². The van der Waals surface area contributed by atoms with Crippen molar-refractivity contribution in [1.29, 1.82) is 0 Å². The van der Waals surface area contributed by atoms with Gasteiger partial charge in [-0.2, -0.15) is 13.5 Å². The van der Waals surface area contributed by atoms with E-state index in [0.29, 0.717) is 107 Å². The Kier molecular flexibility index (Phi) is 21.5. The lowest BCUT2D eigenvalue weighted by molar-refractivity contribution is -0.144. The number of piperidine rings is 1. The fourth-order valence-electron chi connectivity index (χ4n) is 11.0. The first-order valence-electron chi connectivity index (χ1n) is 28.1. The normalized spacial score (nSPS) is 17.7. The van der Waals surface area contributed by atoms with Gasteiger partial charge in [-0.25, -0.2) is 14.4 Å². The minimum atomic E-state index is -0.940. The molecule has 8 rings (SSSR count). The minimum Gasteiger partial charge on any atom is -0.387 e. The number of nitrogens with zero attached hydrogens (tertiary/aromatic N) is 7. The van der Waals surface area contributed by atoms with Crippen LogP contribution in [0.1, 0.15) is 136 Å². The number of allylic oxidation sites excluding steroid dienone is 2. The molecule has 0 bridgehead atoms. The monoisotopic (exact) mass is 1150 g/mol. The Morgan fingerprint density at radius 1 is 1.04 bits per heavy atom. The molecule has 4 aromatic rings. The van der Waals surface area contributed by atoms with Crippen molar-refractivity contribution in [3.8, 4) is 10.4 Å². The van der Waals surface area contributed by atoms with Crippen molar-refractivity contribution in [2.75, 3.05) is 63.7 Å². The highest BCUT2D eigenvalue weighted by atomic mass is 32.1. The summed E-state index contributed by atoms with van der Waals surface area (Å²) in [5.74, 6) is -0.495. The maximum Gasteiger partial charge on any atom is 0.254 e. The molecule has 4 aliphatic rings. The molecule has 2 aromatic carbocycles. The van der Waals surface area contributed by atoms with Crippen molar-refractivity contribution in [2.45, 2.75) is 136 Å². The quantitative estimate of drug-likeness (QED) is 0.0330. The van der Waals surface area contributed by atoms with E-state index in [1.807, 2.05) is 108 Å². The van der Waals surface area contributed by atoms with Gasteiger partial charge in [0.1, 0.15) is 23.7 Å². The van der Waals surface area contributed by atoms with E-state index in [0.717, 1.165) is 69.9 Å². The van der Waals surface area contributed by atoms with Crippen molar-refractivity contribution in [3.63, 3.8) is 0 Å². The molecular formula is C61H82FN11O6S2. The second-order valence-electron chi connectivity index (χ2n) is 22.9. The average molecular weight is 1150 g/mol. The number of ether oxygens (including phenoxy) is 1. The van der Waals surface area contributed by atoms with Crippen molar-refractivity contribution >= 4 is 78.1 Å². The first-order valence-corrected chi connectivity index (χ1v) is 29.0. The number of halogens is 1. The van der Waals surface area contributed by atoms with E-state index >= 15 is 0 Å². The number of carbonyl (C=O) groups excluding carboxylic acids is 4. The molecule has 0 aliphatic carbocycles. The minimum absolute atomic E-state index is 0. The molecule has 0 radical (unpaired) electrons. The fraction of sp³-hybridized carbons (Fsp3) is 0.492. The largest absolute Gasteiger partial charge is 0.387 e. The number of nitrogens with one attached hydrogen (secondary N) is 4. The lowest BCUT2D eigenvalue weighted by Gasteiger charge is -2.39. The second-order valence-corrected chi connectivity index (χ2v) is 23.8. The predicted octanol–water partition coefficient (Wildman–Crippen LogP) is 9.44.